The SMILES string of the molecule is Cc1ccc2c(oc3c(-c4cc(C(C)(C)C)c5c(c4)C(C)(C)CC5(C)C)cccc32)c1-c1cccc[n+]1C. The van der Waals surface area contributed by atoms with E-state index in [9.17, 15) is 0 Å². The molecule has 0 saturated carbocycles. The molecule has 0 N–H and O–H groups in total. The van der Waals surface area contributed by atoms with Crippen LogP contribution in [0.1, 0.15) is 77.1 Å². The lowest BCUT2D eigenvalue weighted by atomic mass is 9.74. The summed E-state index contributed by atoms with van der Waals surface area (Å²) in [5.41, 5.74) is 12.7. The van der Waals surface area contributed by atoms with Gasteiger partial charge in [-0.25, -0.2) is 4.57 Å². The van der Waals surface area contributed by atoms with Crippen LogP contribution in [0.15, 0.2) is 71.3 Å². The zero-order chi connectivity index (χ0) is 27.2. The number of hydrogen-bond donors (Lipinski definition) is 0. The summed E-state index contributed by atoms with van der Waals surface area (Å²) in [4.78, 5) is 0. The smallest absolute Gasteiger partial charge is 0.216 e. The normalized spacial score (nSPS) is 16.3. The Hall–Kier alpha value is -3.39. The van der Waals surface area contributed by atoms with Crippen molar-refractivity contribution in [3.63, 3.8) is 0 Å². The molecule has 0 fully saturated rings. The molecule has 38 heavy (non-hydrogen) atoms. The molecular weight excluding hydrogens is 462 g/mol. The van der Waals surface area contributed by atoms with Gasteiger partial charge >= 0.3 is 0 Å². The van der Waals surface area contributed by atoms with E-state index in [1.165, 1.54) is 44.2 Å². The highest BCUT2D eigenvalue weighted by atomic mass is 16.3. The van der Waals surface area contributed by atoms with Crippen molar-refractivity contribution in [3.05, 3.63) is 89.1 Å². The number of nitrogens with zero attached hydrogens (tertiary/aromatic N) is 1. The van der Waals surface area contributed by atoms with Gasteiger partial charge in [0, 0.05) is 28.5 Å². The molecule has 1 aliphatic carbocycles. The topological polar surface area (TPSA) is 17.0 Å². The van der Waals surface area contributed by atoms with Crippen LogP contribution < -0.4 is 4.57 Å². The van der Waals surface area contributed by atoms with Crippen molar-refractivity contribution >= 4 is 21.9 Å². The molecule has 194 valence electrons. The molecule has 0 amide bonds. The summed E-state index contributed by atoms with van der Waals surface area (Å²) in [5.74, 6) is 0. The molecule has 0 aliphatic heterocycles. The fraction of sp³-hybridized carbons (Fsp3) is 0.361. The first-order valence-corrected chi connectivity index (χ1v) is 13.9. The molecule has 5 aromatic rings. The van der Waals surface area contributed by atoms with Crippen LogP contribution in [0.3, 0.4) is 0 Å². The van der Waals surface area contributed by atoms with Gasteiger partial charge in [-0.2, -0.15) is 0 Å². The minimum atomic E-state index is 0.0475. The summed E-state index contributed by atoms with van der Waals surface area (Å²) in [6, 6.07) is 22.3. The summed E-state index contributed by atoms with van der Waals surface area (Å²) in [5, 5.41) is 2.35. The van der Waals surface area contributed by atoms with Gasteiger partial charge in [0.15, 0.2) is 6.20 Å². The number of aromatic nitrogens is 1. The zero-order valence-corrected chi connectivity index (χ0v) is 24.4. The minimum absolute atomic E-state index is 0.0475. The van der Waals surface area contributed by atoms with Crippen LogP contribution in [0.4, 0.5) is 0 Å². The van der Waals surface area contributed by atoms with E-state index in [4.69, 9.17) is 4.42 Å². The Labute approximate surface area is 227 Å². The molecule has 0 saturated heterocycles. The van der Waals surface area contributed by atoms with Gasteiger partial charge in [0.05, 0.1) is 5.56 Å². The lowest BCUT2D eigenvalue weighted by Gasteiger charge is -2.30. The Bertz CT molecular complexity index is 1740. The van der Waals surface area contributed by atoms with Crippen molar-refractivity contribution in [1.29, 1.82) is 0 Å². The number of rotatable bonds is 2. The van der Waals surface area contributed by atoms with Crippen LogP contribution in [-0.4, -0.2) is 0 Å². The summed E-state index contributed by atoms with van der Waals surface area (Å²) in [7, 11) is 2.10. The van der Waals surface area contributed by atoms with Crippen LogP contribution in [0, 0.1) is 6.92 Å². The van der Waals surface area contributed by atoms with Gasteiger partial charge in [-0.15, -0.1) is 0 Å². The molecule has 1 aliphatic rings. The standard InChI is InChI=1S/C36H40NO/c1-22-16-17-26-25-14-12-13-24(32(25)38-33(26)30(22)29-15-10-11-18-37(29)9)23-19-27(34(2,3)4)31-28(20-23)35(5,6)21-36(31,7)8/h10-20H,21H2,1-9H3/q+1. The summed E-state index contributed by atoms with van der Waals surface area (Å²) in [6.45, 7) is 18.9. The lowest BCUT2D eigenvalue weighted by Crippen LogP contribution is -2.30. The quantitative estimate of drug-likeness (QED) is 0.220. The largest absolute Gasteiger partial charge is 0.454 e. The van der Waals surface area contributed by atoms with Crippen LogP contribution in [-0.2, 0) is 23.3 Å². The van der Waals surface area contributed by atoms with E-state index < -0.39 is 0 Å². The molecule has 0 atom stereocenters. The monoisotopic (exact) mass is 502 g/mol. The third kappa shape index (κ3) is 3.64. The number of pyridine rings is 1. The number of benzene rings is 3. The molecule has 2 heteroatoms. The van der Waals surface area contributed by atoms with E-state index in [0.717, 1.165) is 23.3 Å². The van der Waals surface area contributed by atoms with Crippen molar-refractivity contribution in [2.75, 3.05) is 0 Å². The fourth-order valence-corrected chi connectivity index (χ4v) is 7.23. The van der Waals surface area contributed by atoms with Gasteiger partial charge in [-0.3, -0.25) is 0 Å². The minimum Gasteiger partial charge on any atom is -0.454 e. The molecule has 0 radical (unpaired) electrons. The van der Waals surface area contributed by atoms with Crippen molar-refractivity contribution in [2.45, 2.75) is 78.1 Å². The molecule has 2 heterocycles. The first-order chi connectivity index (χ1) is 17.8. The predicted octanol–water partition coefficient (Wildman–Crippen LogP) is 9.31. The average molecular weight is 503 g/mol. The van der Waals surface area contributed by atoms with E-state index in [2.05, 4.69) is 134 Å². The van der Waals surface area contributed by atoms with Gasteiger partial charge in [-0.1, -0.05) is 90.9 Å². The van der Waals surface area contributed by atoms with E-state index in [1.807, 2.05) is 0 Å². The van der Waals surface area contributed by atoms with Crippen molar-refractivity contribution in [2.24, 2.45) is 7.05 Å². The molecule has 6 rings (SSSR count). The first kappa shape index (κ1) is 24.9. The second-order valence-corrected chi connectivity index (χ2v) is 13.8. The van der Waals surface area contributed by atoms with E-state index in [0.29, 0.717) is 0 Å². The average Bonchev–Trinajstić information content (AvgIpc) is 3.29. The summed E-state index contributed by atoms with van der Waals surface area (Å²) < 4.78 is 9.06. The van der Waals surface area contributed by atoms with E-state index in [-0.39, 0.29) is 16.2 Å². The third-order valence-corrected chi connectivity index (χ3v) is 8.73. The molecule has 0 unspecified atom stereocenters. The fourth-order valence-electron chi connectivity index (χ4n) is 7.23. The van der Waals surface area contributed by atoms with Gasteiger partial charge in [0.1, 0.15) is 18.2 Å². The van der Waals surface area contributed by atoms with E-state index >= 15 is 0 Å². The molecule has 0 spiro atoms. The van der Waals surface area contributed by atoms with Crippen LogP contribution >= 0.6 is 0 Å². The highest BCUT2D eigenvalue weighted by Crippen LogP contribution is 2.54. The first-order valence-electron chi connectivity index (χ1n) is 13.9. The maximum Gasteiger partial charge on any atom is 0.216 e. The lowest BCUT2D eigenvalue weighted by molar-refractivity contribution is -0.660. The summed E-state index contributed by atoms with van der Waals surface area (Å²) in [6.07, 6.45) is 3.26. The molecule has 2 nitrogen and oxygen atoms in total. The van der Waals surface area contributed by atoms with Crippen LogP contribution in [0.25, 0.3) is 44.3 Å². The highest BCUT2D eigenvalue weighted by Gasteiger charge is 2.45. The number of para-hydroxylation sites is 1. The Morgan fingerprint density at radius 1 is 0.816 bits per heavy atom. The number of aryl methyl sites for hydroxylation is 2. The second kappa shape index (κ2) is 8.06. The van der Waals surface area contributed by atoms with Gasteiger partial charge in [0.2, 0.25) is 5.69 Å². The number of fused-ring (bicyclic) bond motifs is 4. The highest BCUT2D eigenvalue weighted by molar-refractivity contribution is 6.13. The third-order valence-electron chi connectivity index (χ3n) is 8.73. The van der Waals surface area contributed by atoms with Gasteiger partial charge < -0.3 is 4.42 Å². The van der Waals surface area contributed by atoms with E-state index in [1.54, 1.807) is 5.56 Å². The van der Waals surface area contributed by atoms with Crippen molar-refractivity contribution in [1.82, 2.24) is 0 Å². The van der Waals surface area contributed by atoms with Crippen LogP contribution in [0.2, 0.25) is 0 Å². The summed E-state index contributed by atoms with van der Waals surface area (Å²) >= 11 is 0. The van der Waals surface area contributed by atoms with Gasteiger partial charge in [-0.05, 0) is 63.5 Å². The van der Waals surface area contributed by atoms with Gasteiger partial charge in [0.25, 0.3) is 0 Å². The zero-order valence-electron chi connectivity index (χ0n) is 24.4. The Morgan fingerprint density at radius 2 is 1.55 bits per heavy atom. The maximum absolute atomic E-state index is 6.88. The Morgan fingerprint density at radius 3 is 2.26 bits per heavy atom. The maximum atomic E-state index is 6.88. The second-order valence-electron chi connectivity index (χ2n) is 13.8. The molecule has 3 aromatic carbocycles. The Balaban J connectivity index is 1.68. The van der Waals surface area contributed by atoms with Crippen LogP contribution in [0.5, 0.6) is 0 Å². The molecule has 0 bridgehead atoms. The Kier molecular flexibility index (Phi) is 5.28. The van der Waals surface area contributed by atoms with Crippen molar-refractivity contribution < 1.29 is 8.98 Å². The molecular formula is C36H40NO+. The van der Waals surface area contributed by atoms with Crippen molar-refractivity contribution in [3.8, 4) is 22.4 Å². The molecule has 2 aromatic heterocycles. The predicted molar refractivity (Wildman–Crippen MR) is 160 cm³/mol. The number of furan rings is 1. The number of hydrogen-bond acceptors (Lipinski definition) is 1.